The highest BCUT2D eigenvalue weighted by molar-refractivity contribution is 7.85. The molecule has 0 aromatic carbocycles. The van der Waals surface area contributed by atoms with Gasteiger partial charge in [0.25, 0.3) is 0 Å². The molecule has 0 aliphatic carbocycles. The Morgan fingerprint density at radius 3 is 2.37 bits per heavy atom. The van der Waals surface area contributed by atoms with Gasteiger partial charge >= 0.3 is 5.97 Å². The van der Waals surface area contributed by atoms with Crippen molar-refractivity contribution >= 4 is 33.2 Å². The molecule has 0 saturated carbocycles. The van der Waals surface area contributed by atoms with Gasteiger partial charge in [-0.25, -0.2) is 9.78 Å². The molecule has 0 bridgehead atoms. The van der Waals surface area contributed by atoms with Gasteiger partial charge in [-0.05, 0) is 0 Å². The molecule has 1 aliphatic rings. The number of carbonyl (C=O) groups is 1. The zero-order chi connectivity index (χ0) is 14.2. The Morgan fingerprint density at radius 1 is 1.37 bits per heavy atom. The number of carboxylic acid groups (broad SMARTS) is 1. The van der Waals surface area contributed by atoms with Gasteiger partial charge in [0.2, 0.25) is 0 Å². The van der Waals surface area contributed by atoms with Crippen molar-refractivity contribution in [1.29, 1.82) is 0 Å². The largest absolute Gasteiger partial charge is 0.477 e. The first-order valence-electron chi connectivity index (χ1n) is 6.13. The fourth-order valence-corrected chi connectivity index (χ4v) is 4.15. The van der Waals surface area contributed by atoms with Crippen molar-refractivity contribution in [2.75, 3.05) is 29.5 Å². The predicted molar refractivity (Wildman–Crippen MR) is 77.9 cm³/mol. The Balaban J connectivity index is 2.33. The topological polar surface area (TPSA) is 70.5 Å². The minimum absolute atomic E-state index is 0.291. The Morgan fingerprint density at radius 2 is 1.95 bits per heavy atom. The molecule has 1 aromatic rings. The van der Waals surface area contributed by atoms with Crippen LogP contribution in [0.15, 0.2) is 0 Å². The molecule has 2 heterocycles. The van der Waals surface area contributed by atoms with Crippen LogP contribution in [-0.2, 0) is 16.2 Å². The Labute approximate surface area is 119 Å². The van der Waals surface area contributed by atoms with Crippen LogP contribution >= 0.6 is 11.3 Å². The summed E-state index contributed by atoms with van der Waals surface area (Å²) >= 11 is 1.22. The van der Waals surface area contributed by atoms with E-state index in [1.807, 2.05) is 25.7 Å². The van der Waals surface area contributed by atoms with Gasteiger partial charge in [0.15, 0.2) is 5.13 Å². The van der Waals surface area contributed by atoms with E-state index in [1.165, 1.54) is 11.3 Å². The fourth-order valence-electron chi connectivity index (χ4n) is 1.93. The van der Waals surface area contributed by atoms with E-state index in [0.717, 1.165) is 5.13 Å². The first kappa shape index (κ1) is 14.5. The van der Waals surface area contributed by atoms with Gasteiger partial charge in [0.05, 0.1) is 5.69 Å². The summed E-state index contributed by atoms with van der Waals surface area (Å²) in [6.45, 7) is 7.25. The summed E-state index contributed by atoms with van der Waals surface area (Å²) in [5, 5.41) is 10.0. The Kier molecular flexibility index (Phi) is 3.96. The van der Waals surface area contributed by atoms with Crippen LogP contribution in [0.2, 0.25) is 0 Å². The first-order chi connectivity index (χ1) is 8.79. The molecule has 1 saturated heterocycles. The van der Waals surface area contributed by atoms with Crippen LogP contribution in [0.4, 0.5) is 5.13 Å². The number of rotatable bonds is 2. The van der Waals surface area contributed by atoms with E-state index in [2.05, 4.69) is 4.98 Å². The molecular weight excluding hydrogens is 284 g/mol. The molecule has 106 valence electrons. The molecule has 19 heavy (non-hydrogen) atoms. The second kappa shape index (κ2) is 5.20. The lowest BCUT2D eigenvalue weighted by Gasteiger charge is -2.25. The van der Waals surface area contributed by atoms with Crippen LogP contribution in [0.5, 0.6) is 0 Å². The van der Waals surface area contributed by atoms with E-state index in [0.29, 0.717) is 35.2 Å². The van der Waals surface area contributed by atoms with Crippen molar-refractivity contribution < 1.29 is 14.1 Å². The van der Waals surface area contributed by atoms with Gasteiger partial charge < -0.3 is 10.0 Å². The predicted octanol–water partition coefficient (Wildman–Crippen LogP) is 1.71. The molecular formula is C12H18N2O3S2. The highest BCUT2D eigenvalue weighted by Gasteiger charge is 2.29. The van der Waals surface area contributed by atoms with Crippen LogP contribution in [0.25, 0.3) is 0 Å². The molecule has 0 amide bonds. The summed E-state index contributed by atoms with van der Waals surface area (Å²) in [5.41, 5.74) is 0.341. The average Bonchev–Trinajstić information content (AvgIpc) is 2.74. The summed E-state index contributed by atoms with van der Waals surface area (Å²) in [6.07, 6.45) is 0. The Bertz CT molecular complexity index is 510. The maximum absolute atomic E-state index is 11.4. The number of carboxylic acids is 1. The summed E-state index contributed by atoms with van der Waals surface area (Å²) < 4.78 is 11.4. The number of hydrogen-bond donors (Lipinski definition) is 1. The van der Waals surface area contributed by atoms with Crippen molar-refractivity contribution in [3.8, 4) is 0 Å². The second-order valence-electron chi connectivity index (χ2n) is 5.56. The van der Waals surface area contributed by atoms with Crippen molar-refractivity contribution in [3.63, 3.8) is 0 Å². The van der Waals surface area contributed by atoms with E-state index in [1.54, 1.807) is 0 Å². The third-order valence-electron chi connectivity index (χ3n) is 2.97. The van der Waals surface area contributed by atoms with Crippen LogP contribution in [0, 0.1) is 0 Å². The van der Waals surface area contributed by atoms with E-state index in [4.69, 9.17) is 0 Å². The lowest BCUT2D eigenvalue weighted by molar-refractivity contribution is 0.0699. The molecule has 7 heteroatoms. The molecule has 1 fully saturated rings. The average molecular weight is 302 g/mol. The van der Waals surface area contributed by atoms with E-state index in [9.17, 15) is 14.1 Å². The zero-order valence-corrected chi connectivity index (χ0v) is 12.9. The van der Waals surface area contributed by atoms with Crippen molar-refractivity contribution in [3.05, 3.63) is 10.6 Å². The quantitative estimate of drug-likeness (QED) is 0.900. The standard InChI is InChI=1S/C12H18N2O3S2/c1-12(2,3)9-8(10(15)16)18-11(13-9)14-4-6-19(17)7-5-14/h4-7H2,1-3H3,(H,15,16). The molecule has 0 radical (unpaired) electrons. The molecule has 0 unspecified atom stereocenters. The van der Waals surface area contributed by atoms with Crippen LogP contribution < -0.4 is 4.90 Å². The molecule has 1 aliphatic heterocycles. The Hall–Kier alpha value is -0.950. The molecule has 1 aromatic heterocycles. The highest BCUT2D eigenvalue weighted by atomic mass is 32.2. The van der Waals surface area contributed by atoms with Gasteiger partial charge in [-0.1, -0.05) is 32.1 Å². The normalized spacial score (nSPS) is 17.7. The number of anilines is 1. The molecule has 2 rings (SSSR count). The number of aromatic nitrogens is 1. The lowest BCUT2D eigenvalue weighted by Crippen LogP contribution is -2.37. The van der Waals surface area contributed by atoms with Crippen molar-refractivity contribution in [2.24, 2.45) is 0 Å². The first-order valence-corrected chi connectivity index (χ1v) is 8.44. The SMILES string of the molecule is CC(C)(C)c1nc(N2CCS(=O)CC2)sc1C(=O)O. The lowest BCUT2D eigenvalue weighted by atomic mass is 9.91. The highest BCUT2D eigenvalue weighted by Crippen LogP contribution is 2.34. The number of aromatic carboxylic acids is 1. The monoisotopic (exact) mass is 302 g/mol. The van der Waals surface area contributed by atoms with E-state index in [-0.39, 0.29) is 5.41 Å². The number of nitrogens with zero attached hydrogens (tertiary/aromatic N) is 2. The third kappa shape index (κ3) is 3.14. The molecule has 0 spiro atoms. The second-order valence-corrected chi connectivity index (χ2v) is 8.24. The van der Waals surface area contributed by atoms with Crippen molar-refractivity contribution in [2.45, 2.75) is 26.2 Å². The van der Waals surface area contributed by atoms with E-state index >= 15 is 0 Å². The molecule has 0 atom stereocenters. The van der Waals surface area contributed by atoms with Gasteiger partial charge in [0, 0.05) is 40.8 Å². The fraction of sp³-hybridized carbons (Fsp3) is 0.667. The van der Waals surface area contributed by atoms with Gasteiger partial charge in [-0.3, -0.25) is 4.21 Å². The summed E-state index contributed by atoms with van der Waals surface area (Å²) in [6, 6.07) is 0. The third-order valence-corrected chi connectivity index (χ3v) is 5.35. The van der Waals surface area contributed by atoms with Gasteiger partial charge in [-0.2, -0.15) is 0 Å². The summed E-state index contributed by atoms with van der Waals surface area (Å²) in [5.74, 6) is 0.342. The van der Waals surface area contributed by atoms with Crippen LogP contribution in [-0.4, -0.2) is 44.9 Å². The van der Waals surface area contributed by atoms with Crippen LogP contribution in [0.3, 0.4) is 0 Å². The smallest absolute Gasteiger partial charge is 0.347 e. The number of thiazole rings is 1. The molecule has 1 N–H and O–H groups in total. The molecule has 5 nitrogen and oxygen atoms in total. The van der Waals surface area contributed by atoms with E-state index < -0.39 is 16.8 Å². The van der Waals surface area contributed by atoms with Gasteiger partial charge in [0.1, 0.15) is 4.88 Å². The zero-order valence-electron chi connectivity index (χ0n) is 11.3. The summed E-state index contributed by atoms with van der Waals surface area (Å²) in [4.78, 5) is 18.2. The van der Waals surface area contributed by atoms with Crippen molar-refractivity contribution in [1.82, 2.24) is 4.98 Å². The minimum atomic E-state index is -0.922. The summed E-state index contributed by atoms with van der Waals surface area (Å²) in [7, 11) is -0.740. The maximum Gasteiger partial charge on any atom is 0.347 e. The maximum atomic E-state index is 11.4. The van der Waals surface area contributed by atoms with Gasteiger partial charge in [-0.15, -0.1) is 0 Å². The number of hydrogen-bond acceptors (Lipinski definition) is 5. The minimum Gasteiger partial charge on any atom is -0.477 e. The van der Waals surface area contributed by atoms with Crippen LogP contribution in [0.1, 0.15) is 36.1 Å².